The molecule has 0 aromatic carbocycles. The zero-order valence-electron chi connectivity index (χ0n) is 7.42. The lowest BCUT2D eigenvalue weighted by atomic mass is 10.2. The van der Waals surface area contributed by atoms with Crippen molar-refractivity contribution in [2.24, 2.45) is 0 Å². The first-order valence-corrected chi connectivity index (χ1v) is 6.01. The van der Waals surface area contributed by atoms with Crippen LogP contribution >= 0.6 is 10.7 Å². The number of nitrogens with one attached hydrogen (secondary N) is 1. The maximum Gasteiger partial charge on any atom is 0.276 e. The maximum absolute atomic E-state index is 12.2. The van der Waals surface area contributed by atoms with E-state index in [1.54, 1.807) is 0 Å². The van der Waals surface area contributed by atoms with E-state index in [0.29, 0.717) is 0 Å². The topological polar surface area (TPSA) is 67.0 Å². The Morgan fingerprint density at radius 2 is 2.00 bits per heavy atom. The molecule has 1 aromatic rings. The van der Waals surface area contributed by atoms with Gasteiger partial charge in [0.2, 0.25) is 0 Å². The third kappa shape index (κ3) is 2.54. The molecule has 1 rings (SSSR count). The van der Waals surface area contributed by atoms with Gasteiger partial charge in [-0.05, 0) is 18.6 Å². The Hall–Kier alpha value is -0.950. The van der Waals surface area contributed by atoms with Crippen LogP contribution in [0.2, 0.25) is 0 Å². The summed E-state index contributed by atoms with van der Waals surface area (Å²) in [5.74, 6) is 0. The first-order chi connectivity index (χ1) is 6.73. The Kier molecular flexibility index (Phi) is 3.15. The lowest BCUT2D eigenvalue weighted by molar-refractivity contribution is 0.149. The van der Waals surface area contributed by atoms with Gasteiger partial charge in [-0.3, -0.25) is 4.79 Å². The smallest absolute Gasteiger partial charge is 0.276 e. The van der Waals surface area contributed by atoms with Crippen molar-refractivity contribution in [2.75, 3.05) is 0 Å². The monoisotopic (exact) mass is 257 g/mol. The van der Waals surface area contributed by atoms with Gasteiger partial charge in [0.15, 0.2) is 5.03 Å². The summed E-state index contributed by atoms with van der Waals surface area (Å²) in [4.78, 5) is 12.8. The minimum atomic E-state index is -4.13. The molecule has 0 amide bonds. The number of halogens is 3. The molecule has 4 nitrogen and oxygen atoms in total. The molecule has 0 unspecified atom stereocenters. The Morgan fingerprint density at radius 3 is 2.40 bits per heavy atom. The first-order valence-electron chi connectivity index (χ1n) is 3.70. The van der Waals surface area contributed by atoms with E-state index in [1.807, 2.05) is 4.98 Å². The second-order valence-electron chi connectivity index (χ2n) is 2.80. The molecule has 8 heteroatoms. The van der Waals surface area contributed by atoms with Crippen molar-refractivity contribution in [1.82, 2.24) is 4.98 Å². The standard InChI is InChI=1S/C7H6ClF2NO3S/c1-3-2-4(5(9)10)6(12)11-7(3)15(8,13)14/h2,5H,1H3,(H,11,12). The Labute approximate surface area is 88.3 Å². The lowest BCUT2D eigenvalue weighted by Gasteiger charge is -2.04. The van der Waals surface area contributed by atoms with Crippen molar-refractivity contribution in [2.45, 2.75) is 18.4 Å². The molecule has 0 saturated heterocycles. The average molecular weight is 258 g/mol. The fourth-order valence-corrected chi connectivity index (χ4v) is 2.19. The summed E-state index contributed by atoms with van der Waals surface area (Å²) in [7, 11) is 0.856. The van der Waals surface area contributed by atoms with E-state index >= 15 is 0 Å². The van der Waals surface area contributed by atoms with Gasteiger partial charge in [-0.15, -0.1) is 0 Å². The quantitative estimate of drug-likeness (QED) is 0.818. The third-order valence-electron chi connectivity index (χ3n) is 1.70. The Balaban J connectivity index is 3.53. The van der Waals surface area contributed by atoms with E-state index in [2.05, 4.69) is 0 Å². The highest BCUT2D eigenvalue weighted by Gasteiger charge is 2.19. The highest BCUT2D eigenvalue weighted by molar-refractivity contribution is 8.13. The van der Waals surface area contributed by atoms with E-state index in [4.69, 9.17) is 10.7 Å². The van der Waals surface area contributed by atoms with Crippen LogP contribution in [0.3, 0.4) is 0 Å². The molecule has 0 aliphatic rings. The zero-order valence-corrected chi connectivity index (χ0v) is 8.99. The summed E-state index contributed by atoms with van der Waals surface area (Å²) < 4.78 is 46.3. The van der Waals surface area contributed by atoms with Crippen molar-refractivity contribution in [3.63, 3.8) is 0 Å². The van der Waals surface area contributed by atoms with Gasteiger partial charge in [-0.25, -0.2) is 17.2 Å². The summed E-state index contributed by atoms with van der Waals surface area (Å²) in [5.41, 5.74) is -1.97. The molecule has 15 heavy (non-hydrogen) atoms. The van der Waals surface area contributed by atoms with Crippen molar-refractivity contribution >= 4 is 19.7 Å². The number of aromatic nitrogens is 1. The number of hydrogen-bond donors (Lipinski definition) is 1. The van der Waals surface area contributed by atoms with Crippen LogP contribution < -0.4 is 5.56 Å². The molecule has 0 radical (unpaired) electrons. The third-order valence-corrected chi connectivity index (χ3v) is 3.07. The molecule has 84 valence electrons. The zero-order chi connectivity index (χ0) is 11.8. The average Bonchev–Trinajstić information content (AvgIpc) is 2.06. The summed E-state index contributed by atoms with van der Waals surface area (Å²) >= 11 is 0. The lowest BCUT2D eigenvalue weighted by Crippen LogP contribution is -2.17. The summed E-state index contributed by atoms with van der Waals surface area (Å²) in [6.45, 7) is 1.26. The number of hydrogen-bond acceptors (Lipinski definition) is 3. The van der Waals surface area contributed by atoms with E-state index in [9.17, 15) is 22.0 Å². The van der Waals surface area contributed by atoms with Crippen LogP contribution in [0.15, 0.2) is 15.9 Å². The fraction of sp³-hybridized carbons (Fsp3) is 0.286. The molecule has 1 heterocycles. The van der Waals surface area contributed by atoms with Crippen molar-refractivity contribution in [1.29, 1.82) is 0 Å². The molecule has 0 fully saturated rings. The van der Waals surface area contributed by atoms with Crippen LogP contribution in [0.25, 0.3) is 0 Å². The van der Waals surface area contributed by atoms with Crippen molar-refractivity contribution in [3.8, 4) is 0 Å². The van der Waals surface area contributed by atoms with Crippen LogP contribution in [0.1, 0.15) is 17.6 Å². The van der Waals surface area contributed by atoms with Gasteiger partial charge in [-0.1, -0.05) is 0 Å². The molecule has 0 atom stereocenters. The Morgan fingerprint density at radius 1 is 1.47 bits per heavy atom. The van der Waals surface area contributed by atoms with Crippen LogP contribution in [-0.4, -0.2) is 13.4 Å². The number of alkyl halides is 2. The van der Waals surface area contributed by atoms with E-state index in [1.165, 1.54) is 6.92 Å². The number of H-pyrrole nitrogens is 1. The van der Waals surface area contributed by atoms with E-state index in [0.717, 1.165) is 6.07 Å². The predicted octanol–water partition coefficient (Wildman–Crippen LogP) is 1.55. The van der Waals surface area contributed by atoms with Gasteiger partial charge >= 0.3 is 0 Å². The molecule has 1 aromatic heterocycles. The second kappa shape index (κ2) is 3.90. The molecule has 0 spiro atoms. The number of aromatic amines is 1. The minimum absolute atomic E-state index is 0.0279. The first kappa shape index (κ1) is 12.1. The minimum Gasteiger partial charge on any atom is -0.311 e. The highest BCUT2D eigenvalue weighted by atomic mass is 35.7. The largest absolute Gasteiger partial charge is 0.311 e. The van der Waals surface area contributed by atoms with Crippen LogP contribution in [-0.2, 0) is 9.05 Å². The molecule has 0 saturated carbocycles. The summed E-state index contributed by atoms with van der Waals surface area (Å²) in [5, 5.41) is -0.557. The number of pyridine rings is 1. The SMILES string of the molecule is Cc1cc(C(F)F)c(=O)[nH]c1S(=O)(=O)Cl. The second-order valence-corrected chi connectivity index (χ2v) is 5.31. The number of aryl methyl sites for hydroxylation is 1. The van der Waals surface area contributed by atoms with Crippen molar-refractivity contribution in [3.05, 3.63) is 27.5 Å². The highest BCUT2D eigenvalue weighted by Crippen LogP contribution is 2.20. The molecular weight excluding hydrogens is 252 g/mol. The van der Waals surface area contributed by atoms with Gasteiger partial charge in [0.05, 0.1) is 5.56 Å². The van der Waals surface area contributed by atoms with Crippen molar-refractivity contribution < 1.29 is 17.2 Å². The summed E-state index contributed by atoms with van der Waals surface area (Å²) in [6, 6.07) is 0.804. The number of rotatable bonds is 2. The molecule has 0 aliphatic carbocycles. The van der Waals surface area contributed by atoms with Gasteiger partial charge in [0.1, 0.15) is 0 Å². The maximum atomic E-state index is 12.2. The van der Waals surface area contributed by atoms with Crippen LogP contribution in [0.5, 0.6) is 0 Å². The Bertz CT molecular complexity index is 538. The summed E-state index contributed by atoms with van der Waals surface area (Å²) in [6.07, 6.45) is -2.96. The predicted molar refractivity (Wildman–Crippen MR) is 49.8 cm³/mol. The van der Waals surface area contributed by atoms with Gasteiger partial charge < -0.3 is 4.98 Å². The van der Waals surface area contributed by atoms with Crippen LogP contribution in [0.4, 0.5) is 8.78 Å². The van der Waals surface area contributed by atoms with E-state index < -0.39 is 31.6 Å². The fourth-order valence-electron chi connectivity index (χ4n) is 1.05. The molecule has 0 aliphatic heterocycles. The van der Waals surface area contributed by atoms with Gasteiger partial charge in [0.25, 0.3) is 21.0 Å². The molecule has 0 bridgehead atoms. The van der Waals surface area contributed by atoms with Crippen LogP contribution in [0, 0.1) is 6.92 Å². The molecule has 1 N–H and O–H groups in total. The molecular formula is C7H6ClF2NO3S. The van der Waals surface area contributed by atoms with Gasteiger partial charge in [0, 0.05) is 10.7 Å². The van der Waals surface area contributed by atoms with Gasteiger partial charge in [-0.2, -0.15) is 0 Å². The van der Waals surface area contributed by atoms with E-state index in [-0.39, 0.29) is 5.56 Å². The normalized spacial score (nSPS) is 12.1.